The Morgan fingerprint density at radius 2 is 1.87 bits per heavy atom. The van der Waals surface area contributed by atoms with Gasteiger partial charge < -0.3 is 0 Å². The Balaban J connectivity index is 1.88. The zero-order valence-corrected chi connectivity index (χ0v) is 17.4. The molecule has 3 aromatic rings. The molecule has 0 fully saturated rings. The van der Waals surface area contributed by atoms with Crippen LogP contribution < -0.4 is 10.0 Å². The van der Waals surface area contributed by atoms with Gasteiger partial charge in [-0.2, -0.15) is 13.2 Å². The molecular weight excluding hydrogens is 465 g/mol. The van der Waals surface area contributed by atoms with Crippen molar-refractivity contribution in [1.29, 1.82) is 0 Å². The fourth-order valence-corrected chi connectivity index (χ4v) is 4.20. The quantitative estimate of drug-likeness (QED) is 0.561. The second-order valence-electron chi connectivity index (χ2n) is 5.91. The number of benzene rings is 2. The second kappa shape index (κ2) is 8.20. The van der Waals surface area contributed by atoms with Gasteiger partial charge >= 0.3 is 6.18 Å². The summed E-state index contributed by atoms with van der Waals surface area (Å²) in [5.74, 6) is -0.715. The molecule has 30 heavy (non-hydrogen) atoms. The first-order valence-electron chi connectivity index (χ1n) is 8.07. The van der Waals surface area contributed by atoms with E-state index in [0.29, 0.717) is 11.1 Å². The van der Waals surface area contributed by atoms with E-state index in [9.17, 15) is 26.4 Å². The number of rotatable bonds is 5. The zero-order chi connectivity index (χ0) is 22.1. The third-order valence-electron chi connectivity index (χ3n) is 3.68. The van der Waals surface area contributed by atoms with Crippen molar-refractivity contribution in [3.05, 3.63) is 63.6 Å². The SMILES string of the molecule is Cc1nnc(NC(=O)c2cc(S(=O)(=O)Nc3cccc(C(F)(F)F)c3)ccc2Cl)s1. The summed E-state index contributed by atoms with van der Waals surface area (Å²) in [6.07, 6.45) is -4.63. The Hall–Kier alpha value is -2.70. The number of nitrogens with one attached hydrogen (secondary N) is 2. The van der Waals surface area contributed by atoms with Gasteiger partial charge in [-0.25, -0.2) is 8.42 Å². The highest BCUT2D eigenvalue weighted by molar-refractivity contribution is 7.92. The van der Waals surface area contributed by atoms with Gasteiger partial charge in [0.15, 0.2) is 0 Å². The van der Waals surface area contributed by atoms with Crippen molar-refractivity contribution in [3.63, 3.8) is 0 Å². The van der Waals surface area contributed by atoms with Crippen molar-refractivity contribution in [1.82, 2.24) is 10.2 Å². The molecule has 0 saturated carbocycles. The summed E-state index contributed by atoms with van der Waals surface area (Å²) in [5.41, 5.74) is -1.45. The van der Waals surface area contributed by atoms with Crippen molar-refractivity contribution in [2.45, 2.75) is 18.0 Å². The van der Waals surface area contributed by atoms with E-state index in [0.717, 1.165) is 35.6 Å². The lowest BCUT2D eigenvalue weighted by Crippen LogP contribution is -2.17. The normalized spacial score (nSPS) is 11.9. The average Bonchev–Trinajstić information content (AvgIpc) is 3.05. The Bertz CT molecular complexity index is 1210. The van der Waals surface area contributed by atoms with Gasteiger partial charge in [0.05, 0.1) is 21.0 Å². The number of sulfonamides is 1. The Morgan fingerprint density at radius 3 is 2.50 bits per heavy atom. The highest BCUT2D eigenvalue weighted by Gasteiger charge is 2.31. The maximum absolute atomic E-state index is 12.8. The fraction of sp³-hybridized carbons (Fsp3) is 0.118. The number of carbonyl (C=O) groups excluding carboxylic acids is 1. The summed E-state index contributed by atoms with van der Waals surface area (Å²) >= 11 is 7.12. The van der Waals surface area contributed by atoms with Crippen molar-refractivity contribution in [3.8, 4) is 0 Å². The third-order valence-corrected chi connectivity index (χ3v) is 6.14. The van der Waals surface area contributed by atoms with Crippen LogP contribution in [-0.2, 0) is 16.2 Å². The van der Waals surface area contributed by atoms with E-state index < -0.39 is 27.7 Å². The molecule has 0 bridgehead atoms. The minimum Gasteiger partial charge on any atom is -0.296 e. The third kappa shape index (κ3) is 5.07. The van der Waals surface area contributed by atoms with Crippen LogP contribution in [0.4, 0.5) is 24.0 Å². The highest BCUT2D eigenvalue weighted by atomic mass is 35.5. The smallest absolute Gasteiger partial charge is 0.296 e. The molecule has 0 radical (unpaired) electrons. The minimum absolute atomic E-state index is 0.0215. The van der Waals surface area contributed by atoms with Crippen LogP contribution >= 0.6 is 22.9 Å². The maximum Gasteiger partial charge on any atom is 0.416 e. The van der Waals surface area contributed by atoms with E-state index in [4.69, 9.17) is 11.6 Å². The van der Waals surface area contributed by atoms with E-state index in [1.54, 1.807) is 6.92 Å². The molecule has 1 amide bonds. The second-order valence-corrected chi connectivity index (χ2v) is 9.18. The first-order valence-corrected chi connectivity index (χ1v) is 10.7. The number of aromatic nitrogens is 2. The van der Waals surface area contributed by atoms with Gasteiger partial charge in [0.25, 0.3) is 15.9 Å². The van der Waals surface area contributed by atoms with Gasteiger partial charge in [0.2, 0.25) is 5.13 Å². The molecule has 2 N–H and O–H groups in total. The van der Waals surface area contributed by atoms with E-state index in [1.807, 2.05) is 0 Å². The summed E-state index contributed by atoms with van der Waals surface area (Å²) in [6, 6.07) is 7.07. The van der Waals surface area contributed by atoms with Crippen molar-refractivity contribution in [2.75, 3.05) is 10.0 Å². The molecule has 158 valence electrons. The van der Waals surface area contributed by atoms with E-state index in [2.05, 4.69) is 20.2 Å². The van der Waals surface area contributed by atoms with Gasteiger partial charge in [-0.15, -0.1) is 10.2 Å². The molecule has 0 atom stereocenters. The molecule has 0 unspecified atom stereocenters. The largest absolute Gasteiger partial charge is 0.416 e. The number of amides is 1. The lowest BCUT2D eigenvalue weighted by Gasteiger charge is -2.12. The minimum atomic E-state index is -4.63. The zero-order valence-electron chi connectivity index (χ0n) is 15.0. The molecule has 2 aromatic carbocycles. The summed E-state index contributed by atoms with van der Waals surface area (Å²) < 4.78 is 65.8. The van der Waals surface area contributed by atoms with Crippen LogP contribution in [0.5, 0.6) is 0 Å². The predicted octanol–water partition coefficient (Wildman–Crippen LogP) is 4.57. The first-order chi connectivity index (χ1) is 14.0. The Morgan fingerprint density at radius 1 is 1.13 bits per heavy atom. The van der Waals surface area contributed by atoms with Crippen LogP contribution in [0.1, 0.15) is 20.9 Å². The van der Waals surface area contributed by atoms with Crippen molar-refractivity contribution < 1.29 is 26.4 Å². The first kappa shape index (κ1) is 22.0. The number of aryl methyl sites for hydroxylation is 1. The monoisotopic (exact) mass is 476 g/mol. The summed E-state index contributed by atoms with van der Waals surface area (Å²) in [5, 5.41) is 10.7. The summed E-state index contributed by atoms with van der Waals surface area (Å²) in [6.45, 7) is 1.69. The number of anilines is 2. The van der Waals surface area contributed by atoms with Crippen LogP contribution in [-0.4, -0.2) is 24.5 Å². The standard InChI is InChI=1S/C17H12ClF3N4O3S2/c1-9-23-24-16(29-9)22-15(26)13-8-12(5-6-14(13)18)30(27,28)25-11-4-2-3-10(7-11)17(19,20)21/h2-8,25H,1H3,(H,22,24,26). The topological polar surface area (TPSA) is 101 Å². The van der Waals surface area contributed by atoms with Gasteiger partial charge in [0, 0.05) is 5.69 Å². The van der Waals surface area contributed by atoms with Gasteiger partial charge in [-0.05, 0) is 43.3 Å². The predicted molar refractivity (Wildman–Crippen MR) is 106 cm³/mol. The number of halogens is 4. The molecule has 0 aliphatic heterocycles. The Kier molecular flexibility index (Phi) is 6.01. The molecule has 0 aliphatic carbocycles. The van der Waals surface area contributed by atoms with E-state index >= 15 is 0 Å². The molecule has 0 spiro atoms. The van der Waals surface area contributed by atoms with Crippen molar-refractivity contribution in [2.24, 2.45) is 0 Å². The Labute approximate surface area is 178 Å². The highest BCUT2D eigenvalue weighted by Crippen LogP contribution is 2.31. The molecule has 13 heteroatoms. The number of carbonyl (C=O) groups is 1. The molecule has 7 nitrogen and oxygen atoms in total. The lowest BCUT2D eigenvalue weighted by molar-refractivity contribution is -0.137. The fourth-order valence-electron chi connectivity index (χ4n) is 2.33. The number of nitrogens with zero attached hydrogens (tertiary/aromatic N) is 2. The maximum atomic E-state index is 12.8. The number of alkyl halides is 3. The number of hydrogen-bond donors (Lipinski definition) is 2. The number of hydrogen-bond acceptors (Lipinski definition) is 6. The lowest BCUT2D eigenvalue weighted by atomic mass is 10.2. The molecule has 1 aromatic heterocycles. The molecular formula is C17H12ClF3N4O3S2. The van der Waals surface area contributed by atoms with Gasteiger partial charge in [-0.3, -0.25) is 14.8 Å². The van der Waals surface area contributed by atoms with Crippen LogP contribution in [0.25, 0.3) is 0 Å². The van der Waals surface area contributed by atoms with Crippen LogP contribution in [0.3, 0.4) is 0 Å². The van der Waals surface area contributed by atoms with E-state index in [-0.39, 0.29) is 26.3 Å². The van der Waals surface area contributed by atoms with Crippen molar-refractivity contribution >= 4 is 49.7 Å². The van der Waals surface area contributed by atoms with Crippen LogP contribution in [0, 0.1) is 6.92 Å². The molecule has 1 heterocycles. The van der Waals surface area contributed by atoms with Crippen LogP contribution in [0.2, 0.25) is 5.02 Å². The van der Waals surface area contributed by atoms with Gasteiger partial charge in [-0.1, -0.05) is 29.0 Å². The van der Waals surface area contributed by atoms with E-state index in [1.165, 1.54) is 12.1 Å². The van der Waals surface area contributed by atoms with Gasteiger partial charge in [0.1, 0.15) is 5.01 Å². The summed E-state index contributed by atoms with van der Waals surface area (Å²) in [4.78, 5) is 12.1. The molecule has 3 rings (SSSR count). The molecule has 0 saturated heterocycles. The molecule has 0 aliphatic rings. The average molecular weight is 477 g/mol. The summed E-state index contributed by atoms with van der Waals surface area (Å²) in [7, 11) is -4.30. The van der Waals surface area contributed by atoms with Crippen LogP contribution in [0.15, 0.2) is 47.4 Å².